The molecule has 5 aliphatic rings. The molecule has 4 fully saturated rings. The van der Waals surface area contributed by atoms with Gasteiger partial charge in [-0.1, -0.05) is 65.5 Å². The van der Waals surface area contributed by atoms with E-state index in [1.165, 1.54) is 5.56 Å². The van der Waals surface area contributed by atoms with Crippen molar-refractivity contribution in [3.8, 4) is 11.8 Å². The molecule has 8 nitrogen and oxygen atoms in total. The fourth-order valence-electron chi connectivity index (χ4n) is 9.05. The number of amidine groups is 1. The Morgan fingerprint density at radius 3 is 2.43 bits per heavy atom. The van der Waals surface area contributed by atoms with Crippen LogP contribution in [0.1, 0.15) is 102 Å². The first-order chi connectivity index (χ1) is 24.5. The van der Waals surface area contributed by atoms with Crippen LogP contribution in [-0.2, 0) is 15.0 Å². The lowest BCUT2D eigenvalue weighted by molar-refractivity contribution is -0.140. The van der Waals surface area contributed by atoms with Crippen LogP contribution in [0.25, 0.3) is 11.0 Å². The SMILES string of the molecule is CC(C)C(C)C(=O)N1CCCC2(c3nc4ccc(C#Cc5ccc(C6CN=C(C7CCCN7C(=O)C7(C)CC7C(C)C)N6)cc5)cc4[nH]3)CSC12. The van der Waals surface area contributed by atoms with Gasteiger partial charge in [0, 0.05) is 41.3 Å². The molecule has 9 heteroatoms. The third kappa shape index (κ3) is 5.96. The summed E-state index contributed by atoms with van der Waals surface area (Å²) in [5.41, 5.74) is 4.71. The Bertz CT molecular complexity index is 1940. The standard InChI is InChI=1S/C42H52N6O2S/c1-25(2)27(5)37(49)48-20-8-18-42(24-51-40(42)48)38-45-32-17-14-29(21-33(32)46-38)11-10-28-12-15-30(16-13-28)34-23-43-36(44-34)35-9-7-19-47(35)39(50)41(6)22-31(41)26(3)4/h12-17,21,25-27,31,34-35,40H,7-9,18-20,22-24H2,1-6H3,(H,43,44)(H,45,46). The molecule has 7 atom stereocenters. The van der Waals surface area contributed by atoms with Crippen LogP contribution in [0.3, 0.4) is 0 Å². The molecule has 3 aromatic rings. The Kier molecular flexibility index (Phi) is 8.76. The summed E-state index contributed by atoms with van der Waals surface area (Å²) in [7, 11) is 0. The molecule has 8 rings (SSSR count). The maximum atomic E-state index is 13.6. The smallest absolute Gasteiger partial charge is 0.229 e. The Hall–Kier alpha value is -3.77. The van der Waals surface area contributed by atoms with Crippen LogP contribution < -0.4 is 5.32 Å². The number of likely N-dealkylation sites (tertiary alicyclic amines) is 2. The zero-order chi connectivity index (χ0) is 35.7. The van der Waals surface area contributed by atoms with Crippen molar-refractivity contribution in [1.29, 1.82) is 0 Å². The number of imidazole rings is 1. The van der Waals surface area contributed by atoms with Crippen molar-refractivity contribution in [3.63, 3.8) is 0 Å². The molecule has 7 unspecified atom stereocenters. The number of piperidine rings is 1. The van der Waals surface area contributed by atoms with Crippen molar-refractivity contribution in [1.82, 2.24) is 25.1 Å². The van der Waals surface area contributed by atoms with E-state index in [1.54, 1.807) is 0 Å². The number of nitrogens with zero attached hydrogens (tertiary/aromatic N) is 4. The summed E-state index contributed by atoms with van der Waals surface area (Å²) in [5.74, 6) is 11.7. The van der Waals surface area contributed by atoms with Gasteiger partial charge in [0.05, 0.1) is 40.5 Å². The third-order valence-corrected chi connectivity index (χ3v) is 14.5. The molecule has 1 saturated carbocycles. The van der Waals surface area contributed by atoms with Crippen LogP contribution in [0.5, 0.6) is 0 Å². The highest BCUT2D eigenvalue weighted by Gasteiger charge is 2.60. The fourth-order valence-corrected chi connectivity index (χ4v) is 10.7. The van der Waals surface area contributed by atoms with Crippen LogP contribution >= 0.6 is 11.8 Å². The van der Waals surface area contributed by atoms with Crippen molar-refractivity contribution < 1.29 is 9.59 Å². The van der Waals surface area contributed by atoms with E-state index in [0.717, 1.165) is 84.8 Å². The van der Waals surface area contributed by atoms with Gasteiger partial charge in [-0.2, -0.15) is 0 Å². The molecular weight excluding hydrogens is 653 g/mol. The maximum absolute atomic E-state index is 13.6. The summed E-state index contributed by atoms with van der Waals surface area (Å²) in [4.78, 5) is 44.9. The van der Waals surface area contributed by atoms with E-state index in [-0.39, 0.29) is 40.1 Å². The second-order valence-electron chi connectivity index (χ2n) is 16.7. The maximum Gasteiger partial charge on any atom is 0.229 e. The molecule has 0 bridgehead atoms. The monoisotopic (exact) mass is 704 g/mol. The third-order valence-electron chi connectivity index (χ3n) is 12.8. The minimum Gasteiger partial charge on any atom is -0.363 e. The number of H-pyrrole nitrogens is 1. The Morgan fingerprint density at radius 1 is 0.980 bits per heavy atom. The van der Waals surface area contributed by atoms with E-state index < -0.39 is 0 Å². The highest BCUT2D eigenvalue weighted by Crippen LogP contribution is 2.58. The van der Waals surface area contributed by atoms with Gasteiger partial charge in [-0.25, -0.2) is 4.98 Å². The summed E-state index contributed by atoms with van der Waals surface area (Å²) in [6, 6.07) is 14.8. The van der Waals surface area contributed by atoms with Crippen LogP contribution in [0.15, 0.2) is 47.5 Å². The number of aromatic nitrogens is 2. The summed E-state index contributed by atoms with van der Waals surface area (Å²) in [6.07, 6.45) is 5.07. The highest BCUT2D eigenvalue weighted by atomic mass is 32.2. The second-order valence-corrected chi connectivity index (χ2v) is 17.8. The number of rotatable bonds is 7. The minimum atomic E-state index is -0.205. The van der Waals surface area contributed by atoms with Crippen molar-refractivity contribution >= 4 is 40.4 Å². The number of hydrogen-bond donors (Lipinski definition) is 2. The molecule has 5 heterocycles. The summed E-state index contributed by atoms with van der Waals surface area (Å²) in [5, 5.41) is 3.83. The van der Waals surface area contributed by atoms with Gasteiger partial charge in [-0.05, 0) is 85.8 Å². The van der Waals surface area contributed by atoms with Crippen LogP contribution in [0.2, 0.25) is 0 Å². The number of benzene rings is 2. The molecule has 2 aromatic carbocycles. The average molecular weight is 705 g/mol. The average Bonchev–Trinajstić information content (AvgIpc) is 3.55. The number of amides is 2. The van der Waals surface area contributed by atoms with Gasteiger partial charge in [0.1, 0.15) is 11.7 Å². The molecule has 3 saturated heterocycles. The van der Waals surface area contributed by atoms with E-state index in [0.29, 0.717) is 30.2 Å². The first kappa shape index (κ1) is 34.3. The molecule has 51 heavy (non-hydrogen) atoms. The first-order valence-electron chi connectivity index (χ1n) is 19.1. The minimum absolute atomic E-state index is 0.0239. The number of nitrogens with one attached hydrogen (secondary N) is 2. The fraction of sp³-hybridized carbons (Fsp3) is 0.571. The first-order valence-corrected chi connectivity index (χ1v) is 20.2. The number of carbonyl (C=O) groups is 2. The Balaban J connectivity index is 0.913. The topological polar surface area (TPSA) is 93.7 Å². The van der Waals surface area contributed by atoms with Crippen molar-refractivity contribution in [2.75, 3.05) is 25.4 Å². The molecule has 0 radical (unpaired) electrons. The summed E-state index contributed by atoms with van der Waals surface area (Å²) in [6.45, 7) is 15.3. The van der Waals surface area contributed by atoms with Gasteiger partial charge >= 0.3 is 0 Å². The van der Waals surface area contributed by atoms with Gasteiger partial charge in [0.25, 0.3) is 0 Å². The Morgan fingerprint density at radius 2 is 1.73 bits per heavy atom. The molecule has 0 spiro atoms. The van der Waals surface area contributed by atoms with Crippen molar-refractivity contribution in [2.24, 2.45) is 34.1 Å². The lowest BCUT2D eigenvalue weighted by atomic mass is 9.78. The van der Waals surface area contributed by atoms with Gasteiger partial charge in [-0.3, -0.25) is 14.6 Å². The number of carbonyl (C=O) groups excluding carboxylic acids is 2. The molecule has 4 aliphatic heterocycles. The van der Waals surface area contributed by atoms with Gasteiger partial charge < -0.3 is 20.1 Å². The van der Waals surface area contributed by atoms with E-state index in [9.17, 15) is 9.59 Å². The molecule has 268 valence electrons. The highest BCUT2D eigenvalue weighted by molar-refractivity contribution is 8.01. The second kappa shape index (κ2) is 13.0. The van der Waals surface area contributed by atoms with Gasteiger partial charge in [-0.15, -0.1) is 11.8 Å². The predicted molar refractivity (Wildman–Crippen MR) is 205 cm³/mol. The van der Waals surface area contributed by atoms with Crippen LogP contribution in [0.4, 0.5) is 0 Å². The zero-order valence-electron chi connectivity index (χ0n) is 31.0. The number of hydrogen-bond acceptors (Lipinski definition) is 6. The van der Waals surface area contributed by atoms with Crippen molar-refractivity contribution in [3.05, 3.63) is 65.0 Å². The molecule has 1 aromatic heterocycles. The van der Waals surface area contributed by atoms with E-state index in [1.807, 2.05) is 17.8 Å². The van der Waals surface area contributed by atoms with E-state index in [4.69, 9.17) is 9.98 Å². The number of thioether (sulfide) groups is 1. The zero-order valence-corrected chi connectivity index (χ0v) is 31.8. The molecule has 2 N–H and O–H groups in total. The molecule has 2 amide bonds. The predicted octanol–water partition coefficient (Wildman–Crippen LogP) is 6.90. The van der Waals surface area contributed by atoms with Crippen molar-refractivity contribution in [2.45, 2.75) is 96.5 Å². The van der Waals surface area contributed by atoms with E-state index in [2.05, 4.69) is 110 Å². The number of fused-ring (bicyclic) bond motifs is 2. The largest absolute Gasteiger partial charge is 0.363 e. The van der Waals surface area contributed by atoms with Crippen LogP contribution in [-0.4, -0.2) is 74.2 Å². The number of aliphatic imine (C=N–C) groups is 1. The quantitative estimate of drug-likeness (QED) is 0.261. The lowest BCUT2D eigenvalue weighted by Crippen LogP contribution is -2.63. The molecule has 1 aliphatic carbocycles. The normalized spacial score (nSPS) is 30.4. The summed E-state index contributed by atoms with van der Waals surface area (Å²) >= 11 is 1.88. The van der Waals surface area contributed by atoms with Gasteiger partial charge in [0.2, 0.25) is 11.8 Å². The summed E-state index contributed by atoms with van der Waals surface area (Å²) < 4.78 is 0. The van der Waals surface area contributed by atoms with Gasteiger partial charge in [0.15, 0.2) is 0 Å². The van der Waals surface area contributed by atoms with Crippen LogP contribution in [0, 0.1) is 40.9 Å². The molecular formula is C42H52N6O2S. The lowest BCUT2D eigenvalue weighted by Gasteiger charge is -2.56. The number of aromatic amines is 1. The Labute approximate surface area is 307 Å². The van der Waals surface area contributed by atoms with E-state index >= 15 is 0 Å².